The number of rotatable bonds is 6. The molecule has 4 aromatic rings. The van der Waals surface area contributed by atoms with Crippen LogP contribution in [0.3, 0.4) is 0 Å². The summed E-state index contributed by atoms with van der Waals surface area (Å²) >= 11 is 0. The van der Waals surface area contributed by atoms with Crippen LogP contribution in [0.2, 0.25) is 0 Å². The van der Waals surface area contributed by atoms with Gasteiger partial charge in [-0.15, -0.1) is 0 Å². The highest BCUT2D eigenvalue weighted by Gasteiger charge is 2.16. The quantitative estimate of drug-likeness (QED) is 0.498. The average molecular weight is 418 g/mol. The molecule has 1 aliphatic rings. The molecule has 0 unspecified atom stereocenters. The Bertz CT molecular complexity index is 1190. The molecule has 2 N–H and O–H groups in total. The van der Waals surface area contributed by atoms with Gasteiger partial charge in [-0.3, -0.25) is 4.98 Å². The number of fused-ring (bicyclic) bond motifs is 1. The average Bonchev–Trinajstić information content (AvgIpc) is 3.23. The maximum Gasteiger partial charge on any atom is 0.165 e. The minimum absolute atomic E-state index is 0.410. The SMILES string of the molecule is Fc1cncc(-c2nc(NCCc3c[nH]c4ccccc34)cc(N3CCOCC3)n2)c1. The largest absolute Gasteiger partial charge is 0.378 e. The molecule has 0 saturated carbocycles. The molecule has 0 radical (unpaired) electrons. The van der Waals surface area contributed by atoms with E-state index < -0.39 is 5.82 Å². The van der Waals surface area contributed by atoms with Gasteiger partial charge in [0, 0.05) is 54.6 Å². The molecule has 0 atom stereocenters. The summed E-state index contributed by atoms with van der Waals surface area (Å²) in [4.78, 5) is 18.7. The van der Waals surface area contributed by atoms with Crippen molar-refractivity contribution in [1.82, 2.24) is 19.9 Å². The number of hydrogen-bond acceptors (Lipinski definition) is 6. The van der Waals surface area contributed by atoms with Crippen molar-refractivity contribution in [2.75, 3.05) is 43.1 Å². The summed E-state index contributed by atoms with van der Waals surface area (Å²) in [7, 11) is 0. The van der Waals surface area contributed by atoms with Crippen LogP contribution < -0.4 is 10.2 Å². The van der Waals surface area contributed by atoms with Gasteiger partial charge in [0.15, 0.2) is 5.82 Å². The van der Waals surface area contributed by atoms with Gasteiger partial charge in [0.05, 0.1) is 19.4 Å². The number of H-pyrrole nitrogens is 1. The molecule has 7 nitrogen and oxygen atoms in total. The first-order valence-electron chi connectivity index (χ1n) is 10.4. The van der Waals surface area contributed by atoms with E-state index in [0.717, 1.165) is 30.8 Å². The van der Waals surface area contributed by atoms with Crippen molar-refractivity contribution in [2.45, 2.75) is 6.42 Å². The van der Waals surface area contributed by atoms with Gasteiger partial charge in [-0.2, -0.15) is 0 Å². The zero-order chi connectivity index (χ0) is 21.0. The number of pyridine rings is 1. The van der Waals surface area contributed by atoms with Crippen molar-refractivity contribution in [3.63, 3.8) is 0 Å². The fourth-order valence-corrected chi connectivity index (χ4v) is 3.81. The summed E-state index contributed by atoms with van der Waals surface area (Å²) in [5, 5.41) is 4.64. The van der Waals surface area contributed by atoms with Crippen LogP contribution in [0.1, 0.15) is 5.56 Å². The Morgan fingerprint density at radius 2 is 1.97 bits per heavy atom. The van der Waals surface area contributed by atoms with Crippen molar-refractivity contribution < 1.29 is 9.13 Å². The molecule has 4 heterocycles. The zero-order valence-electron chi connectivity index (χ0n) is 17.0. The molecular formula is C23H23FN6O. The fourth-order valence-electron chi connectivity index (χ4n) is 3.81. The van der Waals surface area contributed by atoms with Crippen LogP contribution in [0.5, 0.6) is 0 Å². The number of nitrogens with one attached hydrogen (secondary N) is 2. The second-order valence-corrected chi connectivity index (χ2v) is 7.46. The molecule has 1 fully saturated rings. The fraction of sp³-hybridized carbons (Fsp3) is 0.261. The number of morpholine rings is 1. The predicted molar refractivity (Wildman–Crippen MR) is 119 cm³/mol. The lowest BCUT2D eigenvalue weighted by Crippen LogP contribution is -2.36. The second kappa shape index (κ2) is 8.69. The lowest BCUT2D eigenvalue weighted by atomic mass is 10.1. The monoisotopic (exact) mass is 418 g/mol. The molecule has 5 rings (SSSR count). The van der Waals surface area contributed by atoms with E-state index in [-0.39, 0.29) is 0 Å². The van der Waals surface area contributed by atoms with E-state index in [9.17, 15) is 4.39 Å². The Morgan fingerprint density at radius 3 is 2.84 bits per heavy atom. The van der Waals surface area contributed by atoms with E-state index in [1.54, 1.807) is 6.20 Å². The lowest BCUT2D eigenvalue weighted by molar-refractivity contribution is 0.122. The number of anilines is 2. The highest BCUT2D eigenvalue weighted by molar-refractivity contribution is 5.83. The number of para-hydroxylation sites is 1. The number of aromatic amines is 1. The number of hydrogen-bond donors (Lipinski definition) is 2. The molecule has 31 heavy (non-hydrogen) atoms. The van der Waals surface area contributed by atoms with Crippen LogP contribution in [0.15, 0.2) is 55.0 Å². The maximum atomic E-state index is 13.7. The Labute approximate surface area is 179 Å². The third-order valence-electron chi connectivity index (χ3n) is 5.39. The summed E-state index contributed by atoms with van der Waals surface area (Å²) in [6, 6.07) is 11.6. The van der Waals surface area contributed by atoms with Gasteiger partial charge in [0.2, 0.25) is 0 Å². The number of aromatic nitrogens is 4. The molecule has 1 aromatic carbocycles. The van der Waals surface area contributed by atoms with Crippen LogP contribution >= 0.6 is 0 Å². The van der Waals surface area contributed by atoms with Crippen LogP contribution in [0, 0.1) is 5.82 Å². The van der Waals surface area contributed by atoms with E-state index >= 15 is 0 Å². The molecular weight excluding hydrogens is 395 g/mol. The number of ether oxygens (including phenoxy) is 1. The summed E-state index contributed by atoms with van der Waals surface area (Å²) in [5.41, 5.74) is 2.94. The van der Waals surface area contributed by atoms with Gasteiger partial charge in [-0.05, 0) is 24.1 Å². The van der Waals surface area contributed by atoms with Gasteiger partial charge in [-0.1, -0.05) is 18.2 Å². The van der Waals surface area contributed by atoms with Crippen molar-refractivity contribution >= 4 is 22.5 Å². The molecule has 158 valence electrons. The Balaban J connectivity index is 1.39. The normalized spacial score (nSPS) is 14.2. The number of nitrogens with zero attached hydrogens (tertiary/aromatic N) is 4. The van der Waals surface area contributed by atoms with E-state index in [4.69, 9.17) is 4.74 Å². The van der Waals surface area contributed by atoms with Crippen molar-refractivity contribution in [3.05, 3.63) is 66.4 Å². The third-order valence-corrected chi connectivity index (χ3v) is 5.39. The molecule has 8 heteroatoms. The van der Waals surface area contributed by atoms with Crippen molar-refractivity contribution in [1.29, 1.82) is 0 Å². The molecule has 0 bridgehead atoms. The molecule has 0 spiro atoms. The Hall–Kier alpha value is -3.52. The van der Waals surface area contributed by atoms with Gasteiger partial charge >= 0.3 is 0 Å². The smallest absolute Gasteiger partial charge is 0.165 e. The summed E-state index contributed by atoms with van der Waals surface area (Å²) in [5.74, 6) is 1.54. The molecule has 1 aliphatic heterocycles. The topological polar surface area (TPSA) is 79.0 Å². The van der Waals surface area contributed by atoms with E-state index in [1.807, 2.05) is 18.2 Å². The summed E-state index contributed by atoms with van der Waals surface area (Å²) in [6.07, 6.45) is 5.65. The Morgan fingerprint density at radius 1 is 1.10 bits per heavy atom. The van der Waals surface area contributed by atoms with E-state index in [2.05, 4.69) is 48.5 Å². The van der Waals surface area contributed by atoms with Crippen LogP contribution in [-0.4, -0.2) is 52.8 Å². The van der Waals surface area contributed by atoms with Gasteiger partial charge in [-0.25, -0.2) is 14.4 Å². The van der Waals surface area contributed by atoms with Gasteiger partial charge in [0.25, 0.3) is 0 Å². The third kappa shape index (κ3) is 4.34. The standard InChI is InChI=1S/C23H23FN6O/c24-18-11-17(13-25-15-18)23-28-21(12-22(29-23)30-7-9-31-10-8-30)26-6-5-16-14-27-20-4-2-1-3-19(16)20/h1-4,11-15,27H,5-10H2,(H,26,28,29). The molecule has 1 saturated heterocycles. The molecule has 0 aliphatic carbocycles. The van der Waals surface area contributed by atoms with Crippen molar-refractivity contribution in [3.8, 4) is 11.4 Å². The second-order valence-electron chi connectivity index (χ2n) is 7.46. The minimum Gasteiger partial charge on any atom is -0.378 e. The van der Waals surface area contributed by atoms with Crippen molar-refractivity contribution in [2.24, 2.45) is 0 Å². The van der Waals surface area contributed by atoms with Crippen LogP contribution in [0.25, 0.3) is 22.3 Å². The summed E-state index contributed by atoms with van der Waals surface area (Å²) in [6.45, 7) is 3.54. The maximum absolute atomic E-state index is 13.7. The molecule has 3 aromatic heterocycles. The highest BCUT2D eigenvalue weighted by Crippen LogP contribution is 2.24. The summed E-state index contributed by atoms with van der Waals surface area (Å²) < 4.78 is 19.2. The zero-order valence-corrected chi connectivity index (χ0v) is 17.0. The van der Waals surface area contributed by atoms with Crippen LogP contribution in [0.4, 0.5) is 16.0 Å². The lowest BCUT2D eigenvalue weighted by Gasteiger charge is -2.28. The molecule has 0 amide bonds. The van der Waals surface area contributed by atoms with E-state index in [0.29, 0.717) is 37.0 Å². The number of benzene rings is 1. The van der Waals surface area contributed by atoms with Gasteiger partial charge in [0.1, 0.15) is 17.5 Å². The minimum atomic E-state index is -0.410. The first-order valence-corrected chi connectivity index (χ1v) is 10.4. The van der Waals surface area contributed by atoms with E-state index in [1.165, 1.54) is 23.2 Å². The first-order chi connectivity index (χ1) is 15.3. The predicted octanol–water partition coefficient (Wildman–Crippen LogP) is 3.65. The Kier molecular flexibility index (Phi) is 5.45. The first kappa shape index (κ1) is 19.4. The highest BCUT2D eigenvalue weighted by atomic mass is 19.1. The van der Waals surface area contributed by atoms with Crippen LogP contribution in [-0.2, 0) is 11.2 Å². The number of halogens is 1. The van der Waals surface area contributed by atoms with Gasteiger partial charge < -0.3 is 19.9 Å².